The molecule has 0 N–H and O–H groups in total. The molecule has 2 rings (SSSR count). The second-order valence-electron chi connectivity index (χ2n) is 3.11. The lowest BCUT2D eigenvalue weighted by atomic mass is 10.1. The van der Waals surface area contributed by atoms with Crippen LogP contribution in [0.3, 0.4) is 0 Å². The third-order valence-corrected chi connectivity index (χ3v) is 2.24. The molecule has 2 nitrogen and oxygen atoms in total. The van der Waals surface area contributed by atoms with E-state index < -0.39 is 0 Å². The van der Waals surface area contributed by atoms with Gasteiger partial charge in [-0.1, -0.05) is 17.7 Å². The zero-order valence-electron chi connectivity index (χ0n) is 7.85. The lowest BCUT2D eigenvalue weighted by molar-refractivity contribution is 0.112. The average molecular weight is 218 g/mol. The molecule has 0 aliphatic heterocycles. The second kappa shape index (κ2) is 4.24. The van der Waals surface area contributed by atoms with E-state index in [4.69, 9.17) is 11.6 Å². The van der Waals surface area contributed by atoms with E-state index >= 15 is 0 Å². The molecule has 0 saturated heterocycles. The van der Waals surface area contributed by atoms with E-state index in [0.29, 0.717) is 10.6 Å². The zero-order valence-corrected chi connectivity index (χ0v) is 8.61. The predicted molar refractivity (Wildman–Crippen MR) is 60.1 cm³/mol. The van der Waals surface area contributed by atoms with E-state index in [2.05, 4.69) is 4.98 Å². The van der Waals surface area contributed by atoms with E-state index in [0.717, 1.165) is 17.5 Å². The van der Waals surface area contributed by atoms with Crippen LogP contribution in [-0.4, -0.2) is 11.3 Å². The first-order valence-electron chi connectivity index (χ1n) is 4.47. The van der Waals surface area contributed by atoms with Crippen LogP contribution in [0.15, 0.2) is 42.6 Å². The van der Waals surface area contributed by atoms with Crippen molar-refractivity contribution in [2.24, 2.45) is 0 Å². The van der Waals surface area contributed by atoms with Crippen LogP contribution in [0, 0.1) is 0 Å². The summed E-state index contributed by atoms with van der Waals surface area (Å²) in [6.07, 6.45) is 2.48. The topological polar surface area (TPSA) is 30.0 Å². The molecule has 0 atom stereocenters. The Bertz CT molecular complexity index is 482. The minimum Gasteiger partial charge on any atom is -0.298 e. The van der Waals surface area contributed by atoms with Crippen molar-refractivity contribution < 1.29 is 4.79 Å². The number of carbonyl (C=O) groups excluding carboxylic acids is 1. The van der Waals surface area contributed by atoms with Crippen LogP contribution in [0.2, 0.25) is 5.02 Å². The number of rotatable bonds is 2. The van der Waals surface area contributed by atoms with Crippen molar-refractivity contribution in [3.05, 3.63) is 53.2 Å². The molecule has 3 heteroatoms. The summed E-state index contributed by atoms with van der Waals surface area (Å²) in [5.41, 5.74) is 2.22. The minimum absolute atomic E-state index is 0.542. The normalized spacial score (nSPS) is 9.93. The third kappa shape index (κ3) is 2.22. The molecule has 0 aliphatic carbocycles. The van der Waals surface area contributed by atoms with Gasteiger partial charge in [0.1, 0.15) is 6.29 Å². The van der Waals surface area contributed by atoms with Crippen LogP contribution in [0.25, 0.3) is 11.3 Å². The number of hydrogen-bond acceptors (Lipinski definition) is 2. The molecule has 0 amide bonds. The van der Waals surface area contributed by atoms with E-state index in [9.17, 15) is 4.79 Å². The van der Waals surface area contributed by atoms with Gasteiger partial charge in [-0.2, -0.15) is 0 Å². The third-order valence-electron chi connectivity index (χ3n) is 2.02. The van der Waals surface area contributed by atoms with E-state index in [1.165, 1.54) is 0 Å². The number of pyridine rings is 1. The Labute approximate surface area is 92.5 Å². The maximum atomic E-state index is 10.7. The highest BCUT2D eigenvalue weighted by molar-refractivity contribution is 6.31. The summed E-state index contributed by atoms with van der Waals surface area (Å²) in [7, 11) is 0. The van der Waals surface area contributed by atoms with Crippen molar-refractivity contribution in [1.82, 2.24) is 4.98 Å². The van der Waals surface area contributed by atoms with Crippen molar-refractivity contribution in [2.75, 3.05) is 0 Å². The quantitative estimate of drug-likeness (QED) is 0.723. The molecule has 0 unspecified atom stereocenters. The molecule has 0 fully saturated rings. The summed E-state index contributed by atoms with van der Waals surface area (Å²) >= 11 is 5.89. The first-order chi connectivity index (χ1) is 7.29. The van der Waals surface area contributed by atoms with Crippen LogP contribution in [0.1, 0.15) is 10.4 Å². The van der Waals surface area contributed by atoms with Gasteiger partial charge < -0.3 is 0 Å². The highest BCUT2D eigenvalue weighted by atomic mass is 35.5. The van der Waals surface area contributed by atoms with Gasteiger partial charge in [0, 0.05) is 22.3 Å². The molecule has 74 valence electrons. The number of aldehydes is 1. The number of aromatic nitrogens is 1. The fourth-order valence-electron chi connectivity index (χ4n) is 1.36. The van der Waals surface area contributed by atoms with Crippen LogP contribution in [0.5, 0.6) is 0 Å². The van der Waals surface area contributed by atoms with Crippen LogP contribution < -0.4 is 0 Å². The van der Waals surface area contributed by atoms with Crippen molar-refractivity contribution in [2.45, 2.75) is 0 Å². The smallest absolute Gasteiger partial charge is 0.150 e. The summed E-state index contributed by atoms with van der Waals surface area (Å²) in [6, 6.07) is 10.8. The van der Waals surface area contributed by atoms with Crippen molar-refractivity contribution in [1.29, 1.82) is 0 Å². The van der Waals surface area contributed by atoms with Crippen molar-refractivity contribution >= 4 is 17.9 Å². The van der Waals surface area contributed by atoms with Gasteiger partial charge in [-0.25, -0.2) is 0 Å². The van der Waals surface area contributed by atoms with Crippen molar-refractivity contribution in [3.8, 4) is 11.3 Å². The standard InChI is InChI=1S/C12H8ClNO/c13-11-6-9(8-15)5-10(7-11)12-3-1-2-4-14-12/h1-8H. The molecule has 0 radical (unpaired) electrons. The molecule has 15 heavy (non-hydrogen) atoms. The Hall–Kier alpha value is -1.67. The molecule has 2 aromatic rings. The molecular formula is C12H8ClNO. The molecule has 1 aromatic carbocycles. The lowest BCUT2D eigenvalue weighted by Crippen LogP contribution is -1.85. The van der Waals surface area contributed by atoms with Gasteiger partial charge in [0.05, 0.1) is 5.69 Å². The largest absolute Gasteiger partial charge is 0.298 e. The first kappa shape index (κ1) is 9.87. The van der Waals surface area contributed by atoms with E-state index in [1.807, 2.05) is 18.2 Å². The SMILES string of the molecule is O=Cc1cc(Cl)cc(-c2ccccn2)c1. The molecule has 0 aliphatic rings. The molecule has 1 heterocycles. The first-order valence-corrected chi connectivity index (χ1v) is 4.84. The number of benzene rings is 1. The summed E-state index contributed by atoms with van der Waals surface area (Å²) in [4.78, 5) is 14.9. The summed E-state index contributed by atoms with van der Waals surface area (Å²) in [5.74, 6) is 0. The fourth-order valence-corrected chi connectivity index (χ4v) is 1.61. The second-order valence-corrected chi connectivity index (χ2v) is 3.54. The Morgan fingerprint density at radius 1 is 1.20 bits per heavy atom. The Morgan fingerprint density at radius 3 is 2.73 bits per heavy atom. The molecule has 0 saturated carbocycles. The highest BCUT2D eigenvalue weighted by Crippen LogP contribution is 2.22. The van der Waals surface area contributed by atoms with Gasteiger partial charge in [-0.15, -0.1) is 0 Å². The van der Waals surface area contributed by atoms with Gasteiger partial charge in [0.15, 0.2) is 0 Å². The van der Waals surface area contributed by atoms with Gasteiger partial charge in [-0.3, -0.25) is 9.78 Å². The van der Waals surface area contributed by atoms with Gasteiger partial charge in [-0.05, 0) is 30.3 Å². The fraction of sp³-hybridized carbons (Fsp3) is 0. The minimum atomic E-state index is 0.542. The van der Waals surface area contributed by atoms with E-state index in [-0.39, 0.29) is 0 Å². The van der Waals surface area contributed by atoms with Gasteiger partial charge >= 0.3 is 0 Å². The zero-order chi connectivity index (χ0) is 10.7. The molecular weight excluding hydrogens is 210 g/mol. The van der Waals surface area contributed by atoms with Crippen LogP contribution in [0.4, 0.5) is 0 Å². The Kier molecular flexibility index (Phi) is 2.79. The van der Waals surface area contributed by atoms with Gasteiger partial charge in [0.2, 0.25) is 0 Å². The van der Waals surface area contributed by atoms with Crippen LogP contribution in [-0.2, 0) is 0 Å². The number of carbonyl (C=O) groups is 1. The lowest BCUT2D eigenvalue weighted by Gasteiger charge is -2.02. The molecule has 0 spiro atoms. The number of hydrogen-bond donors (Lipinski definition) is 0. The highest BCUT2D eigenvalue weighted by Gasteiger charge is 2.02. The summed E-state index contributed by atoms with van der Waals surface area (Å²) < 4.78 is 0. The summed E-state index contributed by atoms with van der Waals surface area (Å²) in [6.45, 7) is 0. The van der Waals surface area contributed by atoms with Crippen molar-refractivity contribution in [3.63, 3.8) is 0 Å². The van der Waals surface area contributed by atoms with E-state index in [1.54, 1.807) is 24.4 Å². The maximum absolute atomic E-state index is 10.7. The maximum Gasteiger partial charge on any atom is 0.150 e. The predicted octanol–water partition coefficient (Wildman–Crippen LogP) is 3.21. The number of halogens is 1. The monoisotopic (exact) mass is 217 g/mol. The Morgan fingerprint density at radius 2 is 2.07 bits per heavy atom. The Balaban J connectivity index is 2.53. The molecule has 1 aromatic heterocycles. The van der Waals surface area contributed by atoms with Crippen LogP contribution >= 0.6 is 11.6 Å². The average Bonchev–Trinajstić information content (AvgIpc) is 2.29. The summed E-state index contributed by atoms with van der Waals surface area (Å²) in [5, 5.41) is 0.542. The molecule has 0 bridgehead atoms. The van der Waals surface area contributed by atoms with Gasteiger partial charge in [0.25, 0.3) is 0 Å². The number of nitrogens with zero attached hydrogens (tertiary/aromatic N) is 1.